The molecular weight excluding hydrogens is 260 g/mol. The zero-order valence-corrected chi connectivity index (χ0v) is 12.9. The van der Waals surface area contributed by atoms with Crippen LogP contribution in [0, 0.1) is 5.41 Å². The van der Waals surface area contributed by atoms with Crippen LogP contribution in [0.15, 0.2) is 42.1 Å². The second-order valence-electron chi connectivity index (χ2n) is 6.73. The minimum absolute atomic E-state index is 0.122. The van der Waals surface area contributed by atoms with Gasteiger partial charge in [-0.15, -0.1) is 0 Å². The molecule has 0 aliphatic carbocycles. The lowest BCUT2D eigenvalue weighted by atomic mass is 9.83. The molecule has 3 heteroatoms. The fourth-order valence-corrected chi connectivity index (χ4v) is 2.95. The third kappa shape index (κ3) is 2.60. The minimum Gasteiger partial charge on any atom is -0.360 e. The second-order valence-corrected chi connectivity index (χ2v) is 6.73. The molecule has 1 aliphatic rings. The number of carbonyl (C=O) groups is 1. The lowest BCUT2D eigenvalue weighted by molar-refractivity contribution is 0.0767. The largest absolute Gasteiger partial charge is 0.360 e. The quantitative estimate of drug-likeness (QED) is 0.789. The Balaban J connectivity index is 1.83. The summed E-state index contributed by atoms with van der Waals surface area (Å²) >= 11 is 0. The summed E-state index contributed by atoms with van der Waals surface area (Å²) < 4.78 is 0. The van der Waals surface area contributed by atoms with Crippen molar-refractivity contribution in [3.05, 3.63) is 47.7 Å². The number of rotatable bonds is 1. The summed E-state index contributed by atoms with van der Waals surface area (Å²) in [6.45, 7) is 8.22. The molecule has 3 rings (SSSR count). The van der Waals surface area contributed by atoms with Gasteiger partial charge in [0.1, 0.15) is 0 Å². The van der Waals surface area contributed by atoms with Crippen LogP contribution in [0.3, 0.4) is 0 Å². The highest BCUT2D eigenvalue weighted by atomic mass is 16.2. The first-order valence-corrected chi connectivity index (χ1v) is 7.52. The summed E-state index contributed by atoms with van der Waals surface area (Å²) in [6, 6.07) is 7.95. The first-order valence-electron chi connectivity index (χ1n) is 7.52. The predicted molar refractivity (Wildman–Crippen MR) is 86.4 cm³/mol. The van der Waals surface area contributed by atoms with Gasteiger partial charge in [-0.3, -0.25) is 4.79 Å². The number of amides is 1. The Labute approximate surface area is 125 Å². The van der Waals surface area contributed by atoms with Gasteiger partial charge in [0.15, 0.2) is 0 Å². The SMILES string of the molecule is CC(C)(C)C1=CCN(C(=O)c2c[nH]c3ccccc23)CC1. The Morgan fingerprint density at radius 1 is 1.24 bits per heavy atom. The summed E-state index contributed by atoms with van der Waals surface area (Å²) in [5.41, 5.74) is 3.45. The lowest BCUT2D eigenvalue weighted by Gasteiger charge is -2.32. The lowest BCUT2D eigenvalue weighted by Crippen LogP contribution is -2.36. The van der Waals surface area contributed by atoms with E-state index >= 15 is 0 Å². The van der Waals surface area contributed by atoms with Crippen LogP contribution in [0.1, 0.15) is 37.6 Å². The van der Waals surface area contributed by atoms with Crippen LogP contribution < -0.4 is 0 Å². The molecule has 2 heterocycles. The molecule has 1 N–H and O–H groups in total. The molecule has 0 saturated heterocycles. The van der Waals surface area contributed by atoms with Gasteiger partial charge in [0.2, 0.25) is 0 Å². The third-order valence-electron chi connectivity index (χ3n) is 4.28. The number of aromatic nitrogens is 1. The number of H-pyrrole nitrogens is 1. The maximum atomic E-state index is 12.7. The zero-order valence-electron chi connectivity index (χ0n) is 12.9. The van der Waals surface area contributed by atoms with E-state index in [0.717, 1.165) is 29.4 Å². The van der Waals surface area contributed by atoms with Crippen molar-refractivity contribution < 1.29 is 4.79 Å². The van der Waals surface area contributed by atoms with Crippen molar-refractivity contribution in [2.45, 2.75) is 27.2 Å². The van der Waals surface area contributed by atoms with Crippen molar-refractivity contribution in [3.8, 4) is 0 Å². The normalized spacial score (nSPS) is 16.1. The van der Waals surface area contributed by atoms with Gasteiger partial charge in [-0.1, -0.05) is 50.6 Å². The Morgan fingerprint density at radius 3 is 2.67 bits per heavy atom. The number of nitrogens with one attached hydrogen (secondary N) is 1. The van der Waals surface area contributed by atoms with Crippen molar-refractivity contribution in [2.24, 2.45) is 5.41 Å². The molecule has 0 bridgehead atoms. The summed E-state index contributed by atoms with van der Waals surface area (Å²) in [5, 5.41) is 1.01. The topological polar surface area (TPSA) is 36.1 Å². The summed E-state index contributed by atoms with van der Waals surface area (Å²) in [7, 11) is 0. The van der Waals surface area contributed by atoms with E-state index in [1.807, 2.05) is 35.4 Å². The number of hydrogen-bond donors (Lipinski definition) is 1. The van der Waals surface area contributed by atoms with E-state index in [0.29, 0.717) is 6.54 Å². The standard InChI is InChI=1S/C18H22N2O/c1-18(2,3)13-8-10-20(11-9-13)17(21)15-12-19-16-7-5-4-6-14(15)16/h4-8,12,19H,9-11H2,1-3H3. The van der Waals surface area contributed by atoms with Crippen molar-refractivity contribution in [3.63, 3.8) is 0 Å². The molecular formula is C18H22N2O. The van der Waals surface area contributed by atoms with Crippen LogP contribution in [0.4, 0.5) is 0 Å². The van der Waals surface area contributed by atoms with Crippen LogP contribution >= 0.6 is 0 Å². The average Bonchev–Trinajstić information content (AvgIpc) is 2.90. The molecule has 0 fully saturated rings. The van der Waals surface area contributed by atoms with E-state index in [9.17, 15) is 4.79 Å². The number of benzene rings is 1. The fourth-order valence-electron chi connectivity index (χ4n) is 2.95. The summed E-state index contributed by atoms with van der Waals surface area (Å²) in [5.74, 6) is 0.122. The maximum absolute atomic E-state index is 12.7. The van der Waals surface area contributed by atoms with E-state index < -0.39 is 0 Å². The van der Waals surface area contributed by atoms with Gasteiger partial charge in [0, 0.05) is 30.2 Å². The molecule has 0 unspecified atom stereocenters. The predicted octanol–water partition coefficient (Wildman–Crippen LogP) is 3.99. The highest BCUT2D eigenvalue weighted by molar-refractivity contribution is 6.06. The van der Waals surface area contributed by atoms with Gasteiger partial charge in [-0.25, -0.2) is 0 Å². The van der Waals surface area contributed by atoms with Crippen molar-refractivity contribution >= 4 is 16.8 Å². The molecule has 3 nitrogen and oxygen atoms in total. The van der Waals surface area contributed by atoms with Gasteiger partial charge in [-0.05, 0) is 17.9 Å². The molecule has 21 heavy (non-hydrogen) atoms. The molecule has 0 radical (unpaired) electrons. The molecule has 0 spiro atoms. The monoisotopic (exact) mass is 282 g/mol. The zero-order chi connectivity index (χ0) is 15.0. The van der Waals surface area contributed by atoms with Crippen molar-refractivity contribution in [1.29, 1.82) is 0 Å². The Bertz CT molecular complexity index is 703. The van der Waals surface area contributed by atoms with E-state index in [2.05, 4.69) is 31.8 Å². The maximum Gasteiger partial charge on any atom is 0.256 e. The molecule has 1 amide bonds. The number of nitrogens with zero attached hydrogens (tertiary/aromatic N) is 1. The van der Waals surface area contributed by atoms with Gasteiger partial charge < -0.3 is 9.88 Å². The Kier molecular flexibility index (Phi) is 3.36. The smallest absolute Gasteiger partial charge is 0.256 e. The van der Waals surface area contributed by atoms with Gasteiger partial charge in [-0.2, -0.15) is 0 Å². The number of hydrogen-bond acceptors (Lipinski definition) is 1. The van der Waals surface area contributed by atoms with Crippen molar-refractivity contribution in [2.75, 3.05) is 13.1 Å². The molecule has 0 atom stereocenters. The number of para-hydroxylation sites is 1. The summed E-state index contributed by atoms with van der Waals surface area (Å²) in [4.78, 5) is 17.8. The first kappa shape index (κ1) is 13.9. The molecule has 1 aromatic heterocycles. The average molecular weight is 282 g/mol. The van der Waals surface area contributed by atoms with Crippen LogP contribution in [-0.4, -0.2) is 28.9 Å². The van der Waals surface area contributed by atoms with E-state index in [1.165, 1.54) is 5.57 Å². The number of fused-ring (bicyclic) bond motifs is 1. The highest BCUT2D eigenvalue weighted by Crippen LogP contribution is 2.30. The Hall–Kier alpha value is -2.03. The van der Waals surface area contributed by atoms with Crippen LogP contribution in [0.25, 0.3) is 10.9 Å². The molecule has 110 valence electrons. The summed E-state index contributed by atoms with van der Waals surface area (Å²) in [6.07, 6.45) is 5.02. The van der Waals surface area contributed by atoms with E-state index in [1.54, 1.807) is 0 Å². The Morgan fingerprint density at radius 2 is 2.00 bits per heavy atom. The third-order valence-corrected chi connectivity index (χ3v) is 4.28. The van der Waals surface area contributed by atoms with Gasteiger partial charge in [0.05, 0.1) is 5.56 Å². The van der Waals surface area contributed by atoms with E-state index in [-0.39, 0.29) is 11.3 Å². The van der Waals surface area contributed by atoms with Crippen LogP contribution in [-0.2, 0) is 0 Å². The van der Waals surface area contributed by atoms with Crippen molar-refractivity contribution in [1.82, 2.24) is 9.88 Å². The second kappa shape index (κ2) is 5.06. The molecule has 2 aromatic rings. The van der Waals surface area contributed by atoms with E-state index in [4.69, 9.17) is 0 Å². The molecule has 1 aromatic carbocycles. The molecule has 1 aliphatic heterocycles. The highest BCUT2D eigenvalue weighted by Gasteiger charge is 2.25. The number of aromatic amines is 1. The van der Waals surface area contributed by atoms with Gasteiger partial charge >= 0.3 is 0 Å². The minimum atomic E-state index is 0.122. The van der Waals surface area contributed by atoms with Gasteiger partial charge in [0.25, 0.3) is 5.91 Å². The number of carbonyl (C=O) groups excluding carboxylic acids is 1. The van der Waals surface area contributed by atoms with Crippen LogP contribution in [0.5, 0.6) is 0 Å². The fraction of sp³-hybridized carbons (Fsp3) is 0.389. The first-order chi connectivity index (χ1) is 9.97. The molecule has 0 saturated carbocycles. The van der Waals surface area contributed by atoms with Crippen LogP contribution in [0.2, 0.25) is 0 Å².